The molecule has 2 heterocycles. The topological polar surface area (TPSA) is 76.7 Å². The predicted molar refractivity (Wildman–Crippen MR) is 84.1 cm³/mol. The Labute approximate surface area is 123 Å². The highest BCUT2D eigenvalue weighted by molar-refractivity contribution is 7.10. The van der Waals surface area contributed by atoms with Crippen molar-refractivity contribution in [3.63, 3.8) is 0 Å². The molecule has 6 heteroatoms. The SMILES string of the molecule is CCC(CCc1ccsc1C)Nc1nc(C)nc(N)n1. The molecule has 0 fully saturated rings. The Bertz CT molecular complexity index is 546. The Hall–Kier alpha value is -1.69. The predicted octanol–water partition coefficient (Wildman–Crippen LogP) is 2.96. The molecule has 0 aliphatic heterocycles. The molecule has 2 aromatic rings. The lowest BCUT2D eigenvalue weighted by Gasteiger charge is -2.17. The molecule has 108 valence electrons. The molecule has 0 saturated carbocycles. The number of nitrogens with two attached hydrogens (primary N) is 1. The van der Waals surface area contributed by atoms with Gasteiger partial charge >= 0.3 is 0 Å². The van der Waals surface area contributed by atoms with Crippen LogP contribution < -0.4 is 11.1 Å². The van der Waals surface area contributed by atoms with Crippen molar-refractivity contribution < 1.29 is 0 Å². The Kier molecular flexibility index (Phi) is 4.89. The van der Waals surface area contributed by atoms with E-state index in [-0.39, 0.29) is 5.95 Å². The van der Waals surface area contributed by atoms with Crippen LogP contribution in [0.3, 0.4) is 0 Å². The lowest BCUT2D eigenvalue weighted by molar-refractivity contribution is 0.627. The first kappa shape index (κ1) is 14.7. The Balaban J connectivity index is 1.96. The average molecular weight is 291 g/mol. The molecule has 0 aliphatic carbocycles. The van der Waals surface area contributed by atoms with Gasteiger partial charge in [-0.25, -0.2) is 0 Å². The Morgan fingerprint density at radius 2 is 2.10 bits per heavy atom. The van der Waals surface area contributed by atoms with Crippen LogP contribution in [0.4, 0.5) is 11.9 Å². The van der Waals surface area contributed by atoms with Gasteiger partial charge in [-0.15, -0.1) is 11.3 Å². The van der Waals surface area contributed by atoms with Crippen molar-refractivity contribution in [2.24, 2.45) is 0 Å². The number of rotatable bonds is 6. The van der Waals surface area contributed by atoms with Crippen LogP contribution in [0.5, 0.6) is 0 Å². The molecule has 0 saturated heterocycles. The van der Waals surface area contributed by atoms with Gasteiger partial charge in [0.05, 0.1) is 0 Å². The standard InChI is InChI=1S/C14H21N5S/c1-4-12(6-5-11-7-8-20-9(11)2)18-14-17-10(3)16-13(15)19-14/h7-8,12H,4-6H2,1-3H3,(H3,15,16,17,18,19). The van der Waals surface area contributed by atoms with E-state index in [0.717, 1.165) is 19.3 Å². The van der Waals surface area contributed by atoms with Crippen LogP contribution in [0.1, 0.15) is 36.0 Å². The second-order valence-electron chi connectivity index (χ2n) is 4.85. The number of aromatic nitrogens is 3. The highest BCUT2D eigenvalue weighted by Crippen LogP contribution is 2.18. The summed E-state index contributed by atoms with van der Waals surface area (Å²) >= 11 is 1.80. The summed E-state index contributed by atoms with van der Waals surface area (Å²) in [4.78, 5) is 13.8. The van der Waals surface area contributed by atoms with E-state index in [9.17, 15) is 0 Å². The van der Waals surface area contributed by atoms with Crippen molar-refractivity contribution in [1.82, 2.24) is 15.0 Å². The molecule has 1 atom stereocenters. The first-order chi connectivity index (χ1) is 9.58. The molecule has 0 aliphatic rings. The number of nitrogens with one attached hydrogen (secondary N) is 1. The zero-order valence-electron chi connectivity index (χ0n) is 12.2. The number of thiophene rings is 1. The van der Waals surface area contributed by atoms with E-state index in [1.54, 1.807) is 11.3 Å². The fraction of sp³-hybridized carbons (Fsp3) is 0.500. The number of anilines is 2. The molecule has 3 N–H and O–H groups in total. The summed E-state index contributed by atoms with van der Waals surface area (Å²) in [6, 6.07) is 2.55. The molecular weight excluding hydrogens is 270 g/mol. The van der Waals surface area contributed by atoms with Gasteiger partial charge in [0.1, 0.15) is 5.82 Å². The van der Waals surface area contributed by atoms with E-state index in [2.05, 4.69) is 45.6 Å². The van der Waals surface area contributed by atoms with Crippen LogP contribution in [0, 0.1) is 13.8 Å². The largest absolute Gasteiger partial charge is 0.368 e. The zero-order valence-corrected chi connectivity index (χ0v) is 13.0. The summed E-state index contributed by atoms with van der Waals surface area (Å²) in [5.74, 6) is 1.48. The van der Waals surface area contributed by atoms with Gasteiger partial charge in [-0.3, -0.25) is 0 Å². The summed E-state index contributed by atoms with van der Waals surface area (Å²) in [5.41, 5.74) is 7.08. The number of hydrogen-bond donors (Lipinski definition) is 2. The summed E-state index contributed by atoms with van der Waals surface area (Å²) in [5, 5.41) is 5.50. The third-order valence-electron chi connectivity index (χ3n) is 3.32. The molecule has 0 spiro atoms. The van der Waals surface area contributed by atoms with Crippen molar-refractivity contribution in [2.45, 2.75) is 46.1 Å². The van der Waals surface area contributed by atoms with E-state index in [1.165, 1.54) is 10.4 Å². The molecule has 0 aromatic carbocycles. The van der Waals surface area contributed by atoms with Gasteiger partial charge in [-0.2, -0.15) is 15.0 Å². The Morgan fingerprint density at radius 3 is 2.70 bits per heavy atom. The minimum atomic E-state index is 0.267. The van der Waals surface area contributed by atoms with Gasteiger partial charge < -0.3 is 11.1 Å². The molecule has 0 radical (unpaired) electrons. The Morgan fingerprint density at radius 1 is 1.30 bits per heavy atom. The maximum absolute atomic E-state index is 5.65. The van der Waals surface area contributed by atoms with E-state index in [4.69, 9.17) is 5.73 Å². The number of hydrogen-bond acceptors (Lipinski definition) is 6. The van der Waals surface area contributed by atoms with Crippen molar-refractivity contribution in [3.05, 3.63) is 27.7 Å². The van der Waals surface area contributed by atoms with Crippen LogP contribution in [-0.4, -0.2) is 21.0 Å². The summed E-state index contributed by atoms with van der Waals surface area (Å²) in [6.45, 7) is 6.15. The van der Waals surface area contributed by atoms with Crippen LogP contribution in [-0.2, 0) is 6.42 Å². The summed E-state index contributed by atoms with van der Waals surface area (Å²) in [6.07, 6.45) is 3.15. The van der Waals surface area contributed by atoms with E-state index >= 15 is 0 Å². The fourth-order valence-electron chi connectivity index (χ4n) is 2.13. The van der Waals surface area contributed by atoms with Crippen LogP contribution >= 0.6 is 11.3 Å². The molecule has 0 amide bonds. The van der Waals surface area contributed by atoms with E-state index in [1.807, 2.05) is 6.92 Å². The zero-order chi connectivity index (χ0) is 14.5. The second kappa shape index (κ2) is 6.65. The first-order valence-corrected chi connectivity index (χ1v) is 7.74. The second-order valence-corrected chi connectivity index (χ2v) is 5.97. The highest BCUT2D eigenvalue weighted by atomic mass is 32.1. The van der Waals surface area contributed by atoms with Crippen molar-refractivity contribution in [2.75, 3.05) is 11.1 Å². The molecule has 2 rings (SSSR count). The highest BCUT2D eigenvalue weighted by Gasteiger charge is 2.10. The van der Waals surface area contributed by atoms with Gasteiger partial charge in [0, 0.05) is 10.9 Å². The minimum absolute atomic E-state index is 0.267. The monoisotopic (exact) mass is 291 g/mol. The lowest BCUT2D eigenvalue weighted by Crippen LogP contribution is -2.21. The molecule has 5 nitrogen and oxygen atoms in total. The quantitative estimate of drug-likeness (QED) is 0.855. The third-order valence-corrected chi connectivity index (χ3v) is 4.21. The van der Waals surface area contributed by atoms with Crippen LogP contribution in [0.25, 0.3) is 0 Å². The average Bonchev–Trinajstić information content (AvgIpc) is 2.79. The maximum atomic E-state index is 5.65. The van der Waals surface area contributed by atoms with Gasteiger partial charge in [0.15, 0.2) is 0 Å². The minimum Gasteiger partial charge on any atom is -0.368 e. The lowest BCUT2D eigenvalue weighted by atomic mass is 10.0. The molecule has 20 heavy (non-hydrogen) atoms. The van der Waals surface area contributed by atoms with Crippen molar-refractivity contribution in [1.29, 1.82) is 0 Å². The fourth-order valence-corrected chi connectivity index (χ4v) is 2.89. The van der Waals surface area contributed by atoms with Crippen molar-refractivity contribution >= 4 is 23.2 Å². The van der Waals surface area contributed by atoms with Crippen molar-refractivity contribution in [3.8, 4) is 0 Å². The summed E-state index contributed by atoms with van der Waals surface area (Å²) < 4.78 is 0. The van der Waals surface area contributed by atoms with Crippen LogP contribution in [0.2, 0.25) is 0 Å². The molecular formula is C14H21N5S. The number of nitrogen functional groups attached to an aromatic ring is 1. The molecule has 1 unspecified atom stereocenters. The number of nitrogens with zero attached hydrogens (tertiary/aromatic N) is 3. The molecule has 2 aromatic heterocycles. The van der Waals surface area contributed by atoms with E-state index in [0.29, 0.717) is 17.8 Å². The summed E-state index contributed by atoms with van der Waals surface area (Å²) in [7, 11) is 0. The smallest absolute Gasteiger partial charge is 0.227 e. The first-order valence-electron chi connectivity index (χ1n) is 6.86. The molecule has 0 bridgehead atoms. The van der Waals surface area contributed by atoms with Gasteiger partial charge in [0.2, 0.25) is 11.9 Å². The van der Waals surface area contributed by atoms with Gasteiger partial charge in [0.25, 0.3) is 0 Å². The van der Waals surface area contributed by atoms with E-state index < -0.39 is 0 Å². The maximum Gasteiger partial charge on any atom is 0.227 e. The normalized spacial score (nSPS) is 12.3. The van der Waals surface area contributed by atoms with Gasteiger partial charge in [-0.1, -0.05) is 6.92 Å². The number of aryl methyl sites for hydroxylation is 3. The third kappa shape index (κ3) is 3.90. The van der Waals surface area contributed by atoms with Crippen LogP contribution in [0.15, 0.2) is 11.4 Å². The van der Waals surface area contributed by atoms with Gasteiger partial charge in [-0.05, 0) is 50.1 Å².